The summed E-state index contributed by atoms with van der Waals surface area (Å²) >= 11 is 1.43. The van der Waals surface area contributed by atoms with Gasteiger partial charge in [0.1, 0.15) is 10.7 Å². The number of carbonyl (C=O) groups excluding carboxylic acids is 1. The van der Waals surface area contributed by atoms with E-state index in [0.717, 1.165) is 5.01 Å². The van der Waals surface area contributed by atoms with E-state index in [0.29, 0.717) is 18.2 Å². The molecule has 1 amide bonds. The maximum absolute atomic E-state index is 11.9. The third-order valence-electron chi connectivity index (χ3n) is 3.41. The highest BCUT2D eigenvalue weighted by molar-refractivity contribution is 7.09. The van der Waals surface area contributed by atoms with Gasteiger partial charge in [-0.3, -0.25) is 4.79 Å². The van der Waals surface area contributed by atoms with E-state index in [9.17, 15) is 4.79 Å². The summed E-state index contributed by atoms with van der Waals surface area (Å²) in [4.78, 5) is 16.2. The van der Waals surface area contributed by atoms with Crippen molar-refractivity contribution in [3.05, 3.63) is 16.1 Å². The van der Waals surface area contributed by atoms with Gasteiger partial charge in [-0.15, -0.1) is 11.3 Å². The number of amides is 1. The van der Waals surface area contributed by atoms with Gasteiger partial charge in [0.2, 0.25) is 0 Å². The van der Waals surface area contributed by atoms with Crippen molar-refractivity contribution < 1.29 is 4.79 Å². The minimum absolute atomic E-state index is 0.0790. The van der Waals surface area contributed by atoms with Crippen molar-refractivity contribution in [2.24, 2.45) is 17.1 Å². The minimum atomic E-state index is -0.122. The molecular formula is C13H23N3OS. The summed E-state index contributed by atoms with van der Waals surface area (Å²) in [6, 6.07) is -0.122. The molecule has 1 atom stereocenters. The molecule has 0 aliphatic rings. The van der Waals surface area contributed by atoms with Crippen LogP contribution in [0.25, 0.3) is 0 Å². The Kier molecular flexibility index (Phi) is 4.87. The Morgan fingerprint density at radius 1 is 1.50 bits per heavy atom. The Morgan fingerprint density at radius 3 is 2.56 bits per heavy atom. The van der Waals surface area contributed by atoms with Gasteiger partial charge in [-0.1, -0.05) is 27.7 Å². The van der Waals surface area contributed by atoms with E-state index in [-0.39, 0.29) is 17.4 Å². The van der Waals surface area contributed by atoms with E-state index in [4.69, 9.17) is 5.73 Å². The molecule has 1 heterocycles. The first-order valence-electron chi connectivity index (χ1n) is 6.23. The predicted octanol–water partition coefficient (Wildman–Crippen LogP) is 2.57. The molecule has 4 nitrogen and oxygen atoms in total. The van der Waals surface area contributed by atoms with E-state index in [1.165, 1.54) is 11.3 Å². The Hall–Kier alpha value is -0.940. The van der Waals surface area contributed by atoms with Gasteiger partial charge in [-0.05, 0) is 18.3 Å². The molecule has 0 spiro atoms. The number of thiazole rings is 1. The average Bonchev–Trinajstić information content (AvgIpc) is 2.75. The van der Waals surface area contributed by atoms with Crippen LogP contribution in [0.1, 0.15) is 56.2 Å². The monoisotopic (exact) mass is 269 g/mol. The number of aromatic nitrogens is 1. The zero-order valence-corrected chi connectivity index (χ0v) is 12.6. The van der Waals surface area contributed by atoms with Crippen LogP contribution in [0.5, 0.6) is 0 Å². The van der Waals surface area contributed by atoms with Crippen molar-refractivity contribution in [1.29, 1.82) is 0 Å². The fourth-order valence-corrected chi connectivity index (χ4v) is 1.96. The number of hydrogen-bond donors (Lipinski definition) is 2. The van der Waals surface area contributed by atoms with Crippen molar-refractivity contribution >= 4 is 17.2 Å². The van der Waals surface area contributed by atoms with Crippen LogP contribution in [0, 0.1) is 11.3 Å². The SMILES string of the molecule is CC(N)c1nc(C(=O)NCC(C)(C)C(C)C)cs1. The van der Waals surface area contributed by atoms with E-state index in [1.807, 2.05) is 6.92 Å². The lowest BCUT2D eigenvalue weighted by Gasteiger charge is -2.29. The normalized spacial score (nSPS) is 13.7. The van der Waals surface area contributed by atoms with Crippen LogP contribution in [0.2, 0.25) is 0 Å². The summed E-state index contributed by atoms with van der Waals surface area (Å²) in [6.45, 7) is 11.1. The summed E-state index contributed by atoms with van der Waals surface area (Å²) in [5.74, 6) is 0.389. The van der Waals surface area contributed by atoms with Crippen molar-refractivity contribution in [3.8, 4) is 0 Å². The second kappa shape index (κ2) is 5.80. The molecule has 0 aromatic carbocycles. The number of rotatable bonds is 5. The molecule has 102 valence electrons. The molecule has 1 rings (SSSR count). The molecule has 0 radical (unpaired) electrons. The molecule has 18 heavy (non-hydrogen) atoms. The van der Waals surface area contributed by atoms with Crippen molar-refractivity contribution in [2.75, 3.05) is 6.54 Å². The Labute approximate surface area is 113 Å². The molecule has 0 bridgehead atoms. The predicted molar refractivity (Wildman–Crippen MR) is 75.7 cm³/mol. The molecule has 0 saturated heterocycles. The van der Waals surface area contributed by atoms with Crippen molar-refractivity contribution in [2.45, 2.75) is 40.7 Å². The molecule has 0 fully saturated rings. The highest BCUT2D eigenvalue weighted by Crippen LogP contribution is 2.24. The number of hydrogen-bond acceptors (Lipinski definition) is 4. The lowest BCUT2D eigenvalue weighted by Crippen LogP contribution is -2.37. The third kappa shape index (κ3) is 3.78. The van der Waals surface area contributed by atoms with Gasteiger partial charge in [0.25, 0.3) is 5.91 Å². The fraction of sp³-hybridized carbons (Fsp3) is 0.692. The topological polar surface area (TPSA) is 68.0 Å². The summed E-state index contributed by atoms with van der Waals surface area (Å²) in [5.41, 5.74) is 6.27. The van der Waals surface area contributed by atoms with Crippen LogP contribution in [-0.2, 0) is 0 Å². The number of nitrogens with zero attached hydrogens (tertiary/aromatic N) is 1. The average molecular weight is 269 g/mol. The van der Waals surface area contributed by atoms with Crippen LogP contribution in [0.15, 0.2) is 5.38 Å². The van der Waals surface area contributed by atoms with Gasteiger partial charge in [0.05, 0.1) is 6.04 Å². The Balaban J connectivity index is 2.60. The number of nitrogens with one attached hydrogen (secondary N) is 1. The molecule has 3 N–H and O–H groups in total. The molecule has 1 unspecified atom stereocenters. The lowest BCUT2D eigenvalue weighted by atomic mass is 9.81. The summed E-state index contributed by atoms with van der Waals surface area (Å²) < 4.78 is 0. The van der Waals surface area contributed by atoms with E-state index in [1.54, 1.807) is 5.38 Å². The van der Waals surface area contributed by atoms with Gasteiger partial charge in [-0.2, -0.15) is 0 Å². The highest BCUT2D eigenvalue weighted by Gasteiger charge is 2.23. The third-order valence-corrected chi connectivity index (χ3v) is 4.46. The molecule has 1 aromatic heterocycles. The fourth-order valence-electron chi connectivity index (χ4n) is 1.20. The molecule has 0 saturated carbocycles. The van der Waals surface area contributed by atoms with Gasteiger partial charge in [0.15, 0.2) is 0 Å². The minimum Gasteiger partial charge on any atom is -0.350 e. The maximum Gasteiger partial charge on any atom is 0.270 e. The quantitative estimate of drug-likeness (QED) is 0.863. The lowest BCUT2D eigenvalue weighted by molar-refractivity contribution is 0.0920. The van der Waals surface area contributed by atoms with Crippen molar-refractivity contribution in [1.82, 2.24) is 10.3 Å². The van der Waals surface area contributed by atoms with E-state index in [2.05, 4.69) is 38.0 Å². The summed E-state index contributed by atoms with van der Waals surface area (Å²) in [7, 11) is 0. The van der Waals surface area contributed by atoms with Crippen LogP contribution in [0.4, 0.5) is 0 Å². The van der Waals surface area contributed by atoms with Gasteiger partial charge in [0, 0.05) is 11.9 Å². The van der Waals surface area contributed by atoms with Crippen LogP contribution >= 0.6 is 11.3 Å². The summed E-state index contributed by atoms with van der Waals surface area (Å²) in [6.07, 6.45) is 0. The van der Waals surface area contributed by atoms with Crippen LogP contribution in [0.3, 0.4) is 0 Å². The molecule has 5 heteroatoms. The summed E-state index contributed by atoms with van der Waals surface area (Å²) in [5, 5.41) is 5.49. The first kappa shape index (κ1) is 15.1. The Bertz CT molecular complexity index is 410. The number of nitrogens with two attached hydrogens (primary N) is 1. The molecule has 0 aliphatic carbocycles. The van der Waals surface area contributed by atoms with E-state index >= 15 is 0 Å². The number of carbonyl (C=O) groups is 1. The largest absolute Gasteiger partial charge is 0.350 e. The first-order valence-corrected chi connectivity index (χ1v) is 7.11. The molecule has 0 aliphatic heterocycles. The van der Waals surface area contributed by atoms with Gasteiger partial charge < -0.3 is 11.1 Å². The Morgan fingerprint density at radius 2 is 2.11 bits per heavy atom. The van der Waals surface area contributed by atoms with E-state index < -0.39 is 0 Å². The first-order chi connectivity index (χ1) is 8.24. The van der Waals surface area contributed by atoms with Gasteiger partial charge >= 0.3 is 0 Å². The second-order valence-corrected chi connectivity index (χ2v) is 6.58. The maximum atomic E-state index is 11.9. The molecule has 1 aromatic rings. The molecular weight excluding hydrogens is 246 g/mol. The standard InChI is InChI=1S/C13H23N3OS/c1-8(2)13(4,5)7-15-11(17)10-6-18-12(16-10)9(3)14/h6,8-9H,7,14H2,1-5H3,(H,15,17). The zero-order chi connectivity index (χ0) is 13.9. The van der Waals surface area contributed by atoms with Crippen LogP contribution in [-0.4, -0.2) is 17.4 Å². The van der Waals surface area contributed by atoms with Crippen LogP contribution < -0.4 is 11.1 Å². The smallest absolute Gasteiger partial charge is 0.270 e. The second-order valence-electron chi connectivity index (χ2n) is 5.69. The van der Waals surface area contributed by atoms with Crippen molar-refractivity contribution in [3.63, 3.8) is 0 Å². The van der Waals surface area contributed by atoms with Gasteiger partial charge in [-0.25, -0.2) is 4.98 Å². The highest BCUT2D eigenvalue weighted by atomic mass is 32.1. The zero-order valence-electron chi connectivity index (χ0n) is 11.8.